The van der Waals surface area contributed by atoms with Crippen LogP contribution in [0, 0.1) is 10.8 Å². The van der Waals surface area contributed by atoms with Gasteiger partial charge >= 0.3 is 0 Å². The molecule has 0 amide bonds. The van der Waals surface area contributed by atoms with E-state index in [4.69, 9.17) is 9.97 Å². The van der Waals surface area contributed by atoms with Crippen LogP contribution in [0.2, 0.25) is 0 Å². The zero-order valence-corrected chi connectivity index (χ0v) is 30.6. The van der Waals surface area contributed by atoms with Crippen LogP contribution in [-0.2, 0) is 38.8 Å². The zero-order chi connectivity index (χ0) is 34.9. The molecular formula is C42H45ClN6O2. The molecule has 0 saturated carbocycles. The minimum Gasteiger partial charge on any atom is -0.296 e. The Hall–Kier alpha value is -4.95. The normalized spacial score (nSPS) is 15.8. The lowest BCUT2D eigenvalue weighted by molar-refractivity contribution is 0.261. The van der Waals surface area contributed by atoms with Gasteiger partial charge in [0.15, 0.2) is 0 Å². The molecule has 51 heavy (non-hydrogen) atoms. The van der Waals surface area contributed by atoms with Gasteiger partial charge in [0, 0.05) is 44.0 Å². The molecule has 9 heteroatoms. The van der Waals surface area contributed by atoms with E-state index in [0.717, 1.165) is 96.6 Å². The van der Waals surface area contributed by atoms with Gasteiger partial charge in [-0.1, -0.05) is 58.0 Å². The maximum Gasteiger partial charge on any atom is 0.261 e. The molecule has 262 valence electrons. The molecule has 2 aliphatic rings. The van der Waals surface area contributed by atoms with Crippen LogP contribution < -0.4 is 11.1 Å². The summed E-state index contributed by atoms with van der Waals surface area (Å²) in [6.45, 7) is 10.5. The van der Waals surface area contributed by atoms with E-state index < -0.39 is 0 Å². The van der Waals surface area contributed by atoms with Gasteiger partial charge in [-0.05, 0) is 102 Å². The van der Waals surface area contributed by atoms with E-state index in [9.17, 15) is 9.59 Å². The summed E-state index contributed by atoms with van der Waals surface area (Å²) in [6.07, 6.45) is 13.1. The summed E-state index contributed by atoms with van der Waals surface area (Å²) in [4.78, 5) is 43.9. The van der Waals surface area contributed by atoms with E-state index >= 15 is 0 Å². The average molecular weight is 701 g/mol. The topological polar surface area (TPSA) is 95.6 Å². The second kappa shape index (κ2) is 14.7. The molecule has 0 fully saturated rings. The molecule has 0 radical (unpaired) electrons. The second-order valence-corrected chi connectivity index (χ2v) is 15.2. The molecule has 6 aromatic rings. The molecule has 0 N–H and O–H groups in total. The van der Waals surface area contributed by atoms with Crippen LogP contribution in [0.1, 0.15) is 74.7 Å². The number of nitrogens with zero attached hydrogens (tertiary/aromatic N) is 6. The molecule has 0 aliphatic carbocycles. The van der Waals surface area contributed by atoms with Crippen LogP contribution in [0.25, 0.3) is 34.0 Å². The van der Waals surface area contributed by atoms with Crippen molar-refractivity contribution in [1.29, 1.82) is 0 Å². The van der Waals surface area contributed by atoms with Crippen molar-refractivity contribution >= 4 is 46.4 Å². The zero-order valence-electron chi connectivity index (χ0n) is 29.8. The van der Waals surface area contributed by atoms with E-state index in [2.05, 4.69) is 43.7 Å². The third-order valence-corrected chi connectivity index (χ3v) is 9.99. The highest BCUT2D eigenvalue weighted by Gasteiger charge is 2.28. The van der Waals surface area contributed by atoms with Gasteiger partial charge in [0.25, 0.3) is 11.1 Å². The molecule has 8 nitrogen and oxygen atoms in total. The van der Waals surface area contributed by atoms with E-state index in [1.54, 1.807) is 6.20 Å². The van der Waals surface area contributed by atoms with Crippen LogP contribution in [0.5, 0.6) is 0 Å². The lowest BCUT2D eigenvalue weighted by Gasteiger charge is -2.31. The summed E-state index contributed by atoms with van der Waals surface area (Å²) < 4.78 is 3.71. The predicted molar refractivity (Wildman–Crippen MR) is 208 cm³/mol. The molecule has 0 bridgehead atoms. The average Bonchev–Trinajstić information content (AvgIpc) is 3.10. The molecule has 2 aliphatic heterocycles. The van der Waals surface area contributed by atoms with Crippen LogP contribution in [0.4, 0.5) is 0 Å². The molecule has 0 atom stereocenters. The molecule has 8 rings (SSSR count). The quantitative estimate of drug-likeness (QED) is 0.181. The minimum absolute atomic E-state index is 0. The number of hydrogen-bond donors (Lipinski definition) is 0. The van der Waals surface area contributed by atoms with Crippen molar-refractivity contribution in [3.8, 4) is 0 Å². The number of rotatable bonds is 5. The van der Waals surface area contributed by atoms with E-state index in [1.807, 2.05) is 94.2 Å². The smallest absolute Gasteiger partial charge is 0.261 e. The third-order valence-electron chi connectivity index (χ3n) is 9.99. The lowest BCUT2D eigenvalue weighted by Crippen LogP contribution is -2.35. The van der Waals surface area contributed by atoms with Crippen LogP contribution in [0.3, 0.4) is 0 Å². The Balaban J connectivity index is 0.000000172. The van der Waals surface area contributed by atoms with Crippen LogP contribution >= 0.6 is 12.4 Å². The maximum atomic E-state index is 12.8. The lowest BCUT2D eigenvalue weighted by atomic mass is 9.83. The number of hydrogen-bond acceptors (Lipinski definition) is 6. The largest absolute Gasteiger partial charge is 0.296 e. The van der Waals surface area contributed by atoms with Gasteiger partial charge < -0.3 is 0 Å². The highest BCUT2D eigenvalue weighted by Crippen LogP contribution is 2.31. The first kappa shape index (κ1) is 35.9. The summed E-state index contributed by atoms with van der Waals surface area (Å²) in [5.41, 5.74) is 6.40. The maximum absolute atomic E-state index is 12.8. The fraction of sp³-hybridized carbons (Fsp3) is 0.333. The number of halogens is 1. The highest BCUT2D eigenvalue weighted by atomic mass is 35.5. The Morgan fingerprint density at radius 3 is 1.84 bits per heavy atom. The second-order valence-electron chi connectivity index (χ2n) is 15.2. The van der Waals surface area contributed by atoms with Gasteiger partial charge in [-0.3, -0.25) is 28.7 Å². The Morgan fingerprint density at radius 2 is 1.25 bits per heavy atom. The van der Waals surface area contributed by atoms with Crippen LogP contribution in [-0.4, -0.2) is 29.1 Å². The first-order valence-electron chi connectivity index (χ1n) is 17.6. The molecule has 6 heterocycles. The Bertz CT molecular complexity index is 2330. The van der Waals surface area contributed by atoms with Crippen molar-refractivity contribution < 1.29 is 0 Å². The van der Waals surface area contributed by atoms with Crippen molar-refractivity contribution in [2.45, 2.75) is 79.3 Å². The number of aryl methyl sites for hydroxylation is 2. The summed E-state index contributed by atoms with van der Waals surface area (Å²) in [7, 11) is 0. The summed E-state index contributed by atoms with van der Waals surface area (Å²) in [5.74, 6) is 1.83. The van der Waals surface area contributed by atoms with Gasteiger partial charge in [-0.15, -0.1) is 12.4 Å². The Labute approximate surface area is 304 Å². The third kappa shape index (κ3) is 8.18. The molecule has 2 aromatic carbocycles. The number of pyridine rings is 2. The van der Waals surface area contributed by atoms with Crippen molar-refractivity contribution in [1.82, 2.24) is 29.1 Å². The summed E-state index contributed by atoms with van der Waals surface area (Å²) in [5, 5.41) is 1.42. The Morgan fingerprint density at radius 1 is 0.667 bits per heavy atom. The van der Waals surface area contributed by atoms with Crippen molar-refractivity contribution in [2.75, 3.05) is 0 Å². The van der Waals surface area contributed by atoms with Gasteiger partial charge in [-0.2, -0.15) is 0 Å². The van der Waals surface area contributed by atoms with E-state index in [0.29, 0.717) is 5.39 Å². The Kier molecular flexibility index (Phi) is 10.4. The first-order chi connectivity index (χ1) is 24.0. The minimum atomic E-state index is 0. The number of fused-ring (bicyclic) bond motifs is 4. The molecule has 0 spiro atoms. The van der Waals surface area contributed by atoms with Gasteiger partial charge in [0.2, 0.25) is 0 Å². The predicted octanol–water partition coefficient (Wildman–Crippen LogP) is 7.91. The van der Waals surface area contributed by atoms with Crippen molar-refractivity contribution in [2.24, 2.45) is 10.8 Å². The fourth-order valence-corrected chi connectivity index (χ4v) is 6.92. The van der Waals surface area contributed by atoms with Gasteiger partial charge in [0.1, 0.15) is 11.6 Å². The number of benzene rings is 2. The molecule has 0 saturated heterocycles. The first-order valence-corrected chi connectivity index (χ1v) is 17.6. The van der Waals surface area contributed by atoms with Crippen molar-refractivity contribution in [3.05, 3.63) is 140 Å². The van der Waals surface area contributed by atoms with E-state index in [1.165, 1.54) is 5.56 Å². The van der Waals surface area contributed by atoms with Gasteiger partial charge in [0.05, 0.1) is 27.5 Å². The van der Waals surface area contributed by atoms with Crippen molar-refractivity contribution in [3.63, 3.8) is 0 Å². The SMILES string of the molecule is CC1(C)CCn2c(nc3cc(/C=C/c4ccccn4)ccc3c2=O)C1.CC1(C)CCn2c(nc3cc(CCc4ccccn4)ccc3c2=O)C1.Cl. The van der Waals surface area contributed by atoms with Gasteiger partial charge in [-0.25, -0.2) is 9.97 Å². The highest BCUT2D eigenvalue weighted by molar-refractivity contribution is 5.85. The summed E-state index contributed by atoms with van der Waals surface area (Å²) in [6, 6.07) is 23.7. The molecular weight excluding hydrogens is 656 g/mol. The monoisotopic (exact) mass is 700 g/mol. The molecule has 4 aromatic heterocycles. The standard InChI is InChI=1S/C21H23N3O.C21H21N3O.ClH/c2*1-21(2)10-12-24-19(14-21)23-18-13-15(7-9-17(18)20(24)25)6-8-16-5-3-4-11-22-16;/h3-5,7,9,11,13H,6,8,10,12,14H2,1-2H3;3-9,11,13H,10,12,14H2,1-2H3;1H/b;8-6+;. The van der Waals surface area contributed by atoms with Crippen LogP contribution in [0.15, 0.2) is 94.8 Å². The van der Waals surface area contributed by atoms with E-state index in [-0.39, 0.29) is 34.4 Å². The fourth-order valence-electron chi connectivity index (χ4n) is 6.92. The number of aromatic nitrogens is 6. The summed E-state index contributed by atoms with van der Waals surface area (Å²) >= 11 is 0. The molecule has 0 unspecified atom stereocenters.